The monoisotopic (exact) mass is 377 g/mol. The minimum atomic E-state index is -0.931. The minimum Gasteiger partial charge on any atom is -0.465 e. The van der Waals surface area contributed by atoms with Crippen molar-refractivity contribution in [2.45, 2.75) is 12.8 Å². The SMILES string of the molecule is CN(CC1CCN(C(=O)O)CC1)c1cc(Nc2ccc(F)c(F)c2)ncn1. The van der Waals surface area contributed by atoms with Crippen molar-refractivity contribution in [2.75, 3.05) is 36.9 Å². The first-order chi connectivity index (χ1) is 12.9. The Labute approximate surface area is 155 Å². The topological polar surface area (TPSA) is 81.6 Å². The van der Waals surface area contributed by atoms with E-state index in [0.29, 0.717) is 36.3 Å². The first-order valence-corrected chi connectivity index (χ1v) is 8.65. The first kappa shape index (κ1) is 18.8. The molecule has 1 fully saturated rings. The normalized spacial score (nSPS) is 14.9. The fourth-order valence-electron chi connectivity index (χ4n) is 3.13. The molecule has 0 radical (unpaired) electrons. The second kappa shape index (κ2) is 8.15. The third-order valence-electron chi connectivity index (χ3n) is 4.65. The average molecular weight is 377 g/mol. The maximum absolute atomic E-state index is 13.3. The summed E-state index contributed by atoms with van der Waals surface area (Å²) in [5.41, 5.74) is 0.391. The zero-order chi connectivity index (χ0) is 19.4. The number of carboxylic acid groups (broad SMARTS) is 1. The number of benzene rings is 1. The van der Waals surface area contributed by atoms with Crippen molar-refractivity contribution < 1.29 is 18.7 Å². The van der Waals surface area contributed by atoms with E-state index in [-0.39, 0.29) is 0 Å². The number of likely N-dealkylation sites (tertiary alicyclic amines) is 1. The Morgan fingerprint density at radius 2 is 2.00 bits per heavy atom. The molecule has 0 unspecified atom stereocenters. The number of aromatic nitrogens is 2. The van der Waals surface area contributed by atoms with Gasteiger partial charge in [-0.2, -0.15) is 0 Å². The van der Waals surface area contributed by atoms with Crippen molar-refractivity contribution in [3.05, 3.63) is 42.2 Å². The van der Waals surface area contributed by atoms with Crippen molar-refractivity contribution in [1.82, 2.24) is 14.9 Å². The van der Waals surface area contributed by atoms with E-state index >= 15 is 0 Å². The molecule has 0 spiro atoms. The summed E-state index contributed by atoms with van der Waals surface area (Å²) in [6.45, 7) is 1.83. The Morgan fingerprint density at radius 3 is 2.67 bits per heavy atom. The Morgan fingerprint density at radius 1 is 1.26 bits per heavy atom. The Hall–Kier alpha value is -2.97. The average Bonchev–Trinajstić information content (AvgIpc) is 2.65. The number of hydrogen-bond acceptors (Lipinski definition) is 5. The second-order valence-electron chi connectivity index (χ2n) is 6.61. The molecular formula is C18H21F2N5O2. The molecule has 0 saturated carbocycles. The molecule has 144 valence electrons. The molecule has 1 aromatic heterocycles. The molecule has 1 aromatic carbocycles. The van der Waals surface area contributed by atoms with Gasteiger partial charge in [0.2, 0.25) is 0 Å². The van der Waals surface area contributed by atoms with Crippen LogP contribution >= 0.6 is 0 Å². The number of amides is 1. The Bertz CT molecular complexity index is 812. The quantitative estimate of drug-likeness (QED) is 0.832. The van der Waals surface area contributed by atoms with Gasteiger partial charge in [0.05, 0.1) is 0 Å². The third-order valence-corrected chi connectivity index (χ3v) is 4.65. The lowest BCUT2D eigenvalue weighted by molar-refractivity contribution is 0.125. The van der Waals surface area contributed by atoms with Crippen molar-refractivity contribution in [2.24, 2.45) is 5.92 Å². The van der Waals surface area contributed by atoms with Gasteiger partial charge in [0.25, 0.3) is 0 Å². The number of nitrogens with one attached hydrogen (secondary N) is 1. The van der Waals surface area contributed by atoms with Crippen LogP contribution in [0.2, 0.25) is 0 Å². The summed E-state index contributed by atoms with van der Waals surface area (Å²) >= 11 is 0. The fraction of sp³-hybridized carbons (Fsp3) is 0.389. The summed E-state index contributed by atoms with van der Waals surface area (Å²) in [6.07, 6.45) is 2.15. The molecule has 0 bridgehead atoms. The highest BCUT2D eigenvalue weighted by Crippen LogP contribution is 2.23. The van der Waals surface area contributed by atoms with E-state index in [1.807, 2.05) is 11.9 Å². The molecule has 1 aliphatic rings. The smallest absolute Gasteiger partial charge is 0.407 e. The molecule has 1 amide bonds. The van der Waals surface area contributed by atoms with Gasteiger partial charge in [0, 0.05) is 44.5 Å². The number of nitrogens with zero attached hydrogens (tertiary/aromatic N) is 4. The summed E-state index contributed by atoms with van der Waals surface area (Å²) in [6, 6.07) is 5.28. The lowest BCUT2D eigenvalue weighted by atomic mass is 9.96. The molecule has 2 heterocycles. The maximum atomic E-state index is 13.3. The van der Waals surface area contributed by atoms with Gasteiger partial charge in [-0.15, -0.1) is 0 Å². The van der Waals surface area contributed by atoms with E-state index in [1.165, 1.54) is 17.3 Å². The Kier molecular flexibility index (Phi) is 5.68. The predicted octanol–water partition coefficient (Wildman–Crippen LogP) is 3.32. The maximum Gasteiger partial charge on any atom is 0.407 e. The summed E-state index contributed by atoms with van der Waals surface area (Å²) in [5, 5.41) is 11.9. The van der Waals surface area contributed by atoms with Crippen LogP contribution in [0.5, 0.6) is 0 Å². The molecule has 2 N–H and O–H groups in total. The molecule has 3 rings (SSSR count). The van der Waals surface area contributed by atoms with Crippen LogP contribution in [-0.2, 0) is 0 Å². The second-order valence-corrected chi connectivity index (χ2v) is 6.61. The molecular weight excluding hydrogens is 356 g/mol. The van der Waals surface area contributed by atoms with E-state index < -0.39 is 17.7 Å². The number of halogens is 2. The van der Waals surface area contributed by atoms with Gasteiger partial charge in [-0.1, -0.05) is 0 Å². The van der Waals surface area contributed by atoms with Gasteiger partial charge < -0.3 is 20.2 Å². The standard InChI is InChI=1S/C18H21F2N5O2/c1-24(10-12-4-6-25(7-5-12)18(26)27)17-9-16(21-11-22-17)23-13-2-3-14(19)15(20)8-13/h2-3,8-9,11-12H,4-7,10H2,1H3,(H,26,27)(H,21,22,23). The highest BCUT2D eigenvalue weighted by molar-refractivity contribution is 5.65. The molecule has 1 aliphatic heterocycles. The predicted molar refractivity (Wildman–Crippen MR) is 97.3 cm³/mol. The third kappa shape index (κ3) is 4.81. The summed E-state index contributed by atoms with van der Waals surface area (Å²) < 4.78 is 26.4. The van der Waals surface area contributed by atoms with Crippen LogP contribution in [0.15, 0.2) is 30.6 Å². The van der Waals surface area contributed by atoms with Crippen molar-refractivity contribution in [3.63, 3.8) is 0 Å². The Balaban J connectivity index is 1.61. The van der Waals surface area contributed by atoms with E-state index in [1.54, 1.807) is 6.07 Å². The molecule has 1 saturated heterocycles. The number of anilines is 3. The number of rotatable bonds is 5. The van der Waals surface area contributed by atoms with Gasteiger partial charge in [0.1, 0.15) is 18.0 Å². The highest BCUT2D eigenvalue weighted by Gasteiger charge is 2.23. The fourth-order valence-corrected chi connectivity index (χ4v) is 3.13. The van der Waals surface area contributed by atoms with Crippen LogP contribution in [-0.4, -0.2) is 52.7 Å². The van der Waals surface area contributed by atoms with Crippen LogP contribution in [0.3, 0.4) is 0 Å². The number of piperidine rings is 1. The molecule has 9 heteroatoms. The van der Waals surface area contributed by atoms with E-state index in [2.05, 4.69) is 15.3 Å². The van der Waals surface area contributed by atoms with Crippen LogP contribution in [0.25, 0.3) is 0 Å². The zero-order valence-corrected chi connectivity index (χ0v) is 14.9. The van der Waals surface area contributed by atoms with E-state index in [4.69, 9.17) is 5.11 Å². The number of hydrogen-bond donors (Lipinski definition) is 2. The summed E-state index contributed by atoms with van der Waals surface area (Å²) in [4.78, 5) is 22.8. The summed E-state index contributed by atoms with van der Waals surface area (Å²) in [5.74, 6) is -0.297. The van der Waals surface area contributed by atoms with Gasteiger partial charge >= 0.3 is 6.09 Å². The van der Waals surface area contributed by atoms with Crippen LogP contribution in [0.4, 0.5) is 30.9 Å². The highest BCUT2D eigenvalue weighted by atomic mass is 19.2. The van der Waals surface area contributed by atoms with Crippen molar-refractivity contribution in [1.29, 1.82) is 0 Å². The van der Waals surface area contributed by atoms with Crippen molar-refractivity contribution >= 4 is 23.4 Å². The summed E-state index contributed by atoms with van der Waals surface area (Å²) in [7, 11) is 1.91. The lowest BCUT2D eigenvalue weighted by Gasteiger charge is -2.32. The first-order valence-electron chi connectivity index (χ1n) is 8.65. The van der Waals surface area contributed by atoms with Gasteiger partial charge in [-0.25, -0.2) is 23.5 Å². The van der Waals surface area contributed by atoms with Gasteiger partial charge in [0.15, 0.2) is 11.6 Å². The van der Waals surface area contributed by atoms with Gasteiger partial charge in [-0.3, -0.25) is 0 Å². The van der Waals surface area contributed by atoms with Crippen LogP contribution < -0.4 is 10.2 Å². The molecule has 2 aromatic rings. The van der Waals surface area contributed by atoms with E-state index in [9.17, 15) is 13.6 Å². The zero-order valence-electron chi connectivity index (χ0n) is 14.9. The lowest BCUT2D eigenvalue weighted by Crippen LogP contribution is -2.40. The van der Waals surface area contributed by atoms with Crippen molar-refractivity contribution in [3.8, 4) is 0 Å². The number of carbonyl (C=O) groups is 1. The van der Waals surface area contributed by atoms with Crippen LogP contribution in [0.1, 0.15) is 12.8 Å². The molecule has 7 nitrogen and oxygen atoms in total. The minimum absolute atomic E-state index is 0.378. The largest absolute Gasteiger partial charge is 0.465 e. The molecule has 27 heavy (non-hydrogen) atoms. The molecule has 0 aliphatic carbocycles. The van der Waals surface area contributed by atoms with Gasteiger partial charge in [-0.05, 0) is 30.9 Å². The van der Waals surface area contributed by atoms with Crippen LogP contribution in [0, 0.1) is 17.6 Å². The molecule has 0 atom stereocenters. The van der Waals surface area contributed by atoms with E-state index in [0.717, 1.165) is 31.5 Å².